The zero-order valence-electron chi connectivity index (χ0n) is 13.0. The topological polar surface area (TPSA) is 121 Å². The molecule has 7 nitrogen and oxygen atoms in total. The Bertz CT molecular complexity index is 547. The lowest BCUT2D eigenvalue weighted by atomic mass is 10.1. The van der Waals surface area contributed by atoms with Crippen LogP contribution in [0.4, 0.5) is 0 Å². The van der Waals surface area contributed by atoms with Gasteiger partial charge in [-0.2, -0.15) is 0 Å². The van der Waals surface area contributed by atoms with Gasteiger partial charge in [0.1, 0.15) is 6.04 Å². The molecule has 0 unspecified atom stereocenters. The van der Waals surface area contributed by atoms with E-state index in [9.17, 15) is 14.4 Å². The van der Waals surface area contributed by atoms with E-state index in [1.807, 2.05) is 6.92 Å². The summed E-state index contributed by atoms with van der Waals surface area (Å²) in [6.45, 7) is 2.54. The summed E-state index contributed by atoms with van der Waals surface area (Å²) in [5.41, 5.74) is 5.56. The maximum absolute atomic E-state index is 11.2. The lowest BCUT2D eigenvalue weighted by molar-refractivity contribution is -0.147. The predicted molar refractivity (Wildman–Crippen MR) is 83.3 cm³/mol. The summed E-state index contributed by atoms with van der Waals surface area (Å²) in [7, 11) is 0. The number of nitrogens with two attached hydrogens (primary N) is 1. The van der Waals surface area contributed by atoms with Gasteiger partial charge in [0.25, 0.3) is 0 Å². The van der Waals surface area contributed by atoms with Crippen LogP contribution in [0.3, 0.4) is 0 Å². The van der Waals surface area contributed by atoms with E-state index in [2.05, 4.69) is 0 Å². The van der Waals surface area contributed by atoms with Gasteiger partial charge in [0.05, 0.1) is 0 Å². The summed E-state index contributed by atoms with van der Waals surface area (Å²) in [4.78, 5) is 33.9. The minimum absolute atomic E-state index is 0.0562. The second kappa shape index (κ2) is 8.89. The summed E-state index contributed by atoms with van der Waals surface area (Å²) in [5.74, 6) is -1.57. The normalized spacial score (nSPS) is 16.3. The maximum Gasteiger partial charge on any atom is 0.337 e. The van der Waals surface area contributed by atoms with Crippen molar-refractivity contribution in [3.05, 3.63) is 35.9 Å². The number of benzene rings is 1. The highest BCUT2D eigenvalue weighted by molar-refractivity contribution is 5.87. The van der Waals surface area contributed by atoms with Gasteiger partial charge in [-0.1, -0.05) is 37.3 Å². The minimum Gasteiger partial charge on any atom is -0.479 e. The van der Waals surface area contributed by atoms with Crippen molar-refractivity contribution in [3.63, 3.8) is 0 Å². The number of aliphatic hydroxyl groups excluding tert-OH is 1. The van der Waals surface area contributed by atoms with Gasteiger partial charge in [0.15, 0.2) is 6.10 Å². The van der Waals surface area contributed by atoms with Crippen LogP contribution in [0.2, 0.25) is 0 Å². The highest BCUT2D eigenvalue weighted by atomic mass is 16.4. The number of carbonyl (C=O) groups is 3. The van der Waals surface area contributed by atoms with Crippen LogP contribution in [-0.2, 0) is 14.4 Å². The Kier molecular flexibility index (Phi) is 7.21. The van der Waals surface area contributed by atoms with E-state index >= 15 is 0 Å². The molecule has 1 aliphatic heterocycles. The van der Waals surface area contributed by atoms with Crippen LogP contribution in [0.1, 0.15) is 37.9 Å². The van der Waals surface area contributed by atoms with Crippen LogP contribution in [-0.4, -0.2) is 45.5 Å². The zero-order valence-corrected chi connectivity index (χ0v) is 13.0. The molecule has 7 heteroatoms. The third-order valence-corrected chi connectivity index (χ3v) is 3.55. The van der Waals surface area contributed by atoms with Crippen molar-refractivity contribution in [1.29, 1.82) is 0 Å². The zero-order chi connectivity index (χ0) is 17.4. The molecule has 1 saturated heterocycles. The van der Waals surface area contributed by atoms with Crippen LogP contribution in [0.15, 0.2) is 30.3 Å². The highest BCUT2D eigenvalue weighted by Gasteiger charge is 2.29. The van der Waals surface area contributed by atoms with E-state index in [4.69, 9.17) is 15.9 Å². The number of aliphatic carboxylic acids is 1. The largest absolute Gasteiger partial charge is 0.479 e. The van der Waals surface area contributed by atoms with Crippen LogP contribution in [0, 0.1) is 0 Å². The summed E-state index contributed by atoms with van der Waals surface area (Å²) in [6.07, 6.45) is 0.615. The van der Waals surface area contributed by atoms with Crippen molar-refractivity contribution in [1.82, 2.24) is 4.90 Å². The Hall–Kier alpha value is -2.41. The molecule has 2 rings (SSSR count). The number of amides is 2. The summed E-state index contributed by atoms with van der Waals surface area (Å²) >= 11 is 0. The molecular formula is C16H22N2O5. The molecule has 2 amide bonds. The molecule has 1 fully saturated rings. The fourth-order valence-corrected chi connectivity index (χ4v) is 2.35. The Morgan fingerprint density at radius 2 is 1.91 bits per heavy atom. The van der Waals surface area contributed by atoms with Crippen LogP contribution in [0.5, 0.6) is 0 Å². The number of primary amides is 1. The smallest absolute Gasteiger partial charge is 0.337 e. The summed E-state index contributed by atoms with van der Waals surface area (Å²) in [6, 6.07) is 7.87. The molecule has 0 spiro atoms. The number of carboxylic acid groups (broad SMARTS) is 1. The van der Waals surface area contributed by atoms with E-state index in [0.717, 1.165) is 6.42 Å². The standard InChI is InChI=1S/C8H14N2O2.C8H8O3/c1-2-6(8(9)12)10-5-3-4-7(10)11;9-7(8(10)11)6-4-2-1-3-5-6/h6H,2-5H2,1H3,(H2,9,12);1-5,7,9H,(H,10,11)/t6-;7-/m00/s1. The van der Waals surface area contributed by atoms with Crippen LogP contribution < -0.4 is 5.73 Å². The van der Waals surface area contributed by atoms with E-state index in [1.165, 1.54) is 0 Å². The van der Waals surface area contributed by atoms with Crippen molar-refractivity contribution in [3.8, 4) is 0 Å². The average molecular weight is 322 g/mol. The highest BCUT2D eigenvalue weighted by Crippen LogP contribution is 2.15. The number of carboxylic acids is 1. The molecule has 1 heterocycles. The Morgan fingerprint density at radius 1 is 1.30 bits per heavy atom. The number of likely N-dealkylation sites (tertiary alicyclic amines) is 1. The molecule has 2 atom stereocenters. The Balaban J connectivity index is 0.000000231. The maximum atomic E-state index is 11.2. The van der Waals surface area contributed by atoms with Gasteiger partial charge in [-0.25, -0.2) is 4.79 Å². The van der Waals surface area contributed by atoms with Crippen LogP contribution in [0.25, 0.3) is 0 Å². The van der Waals surface area contributed by atoms with E-state index in [1.54, 1.807) is 35.2 Å². The van der Waals surface area contributed by atoms with Crippen molar-refractivity contribution in [2.24, 2.45) is 5.73 Å². The molecule has 0 aromatic heterocycles. The van der Waals surface area contributed by atoms with Gasteiger partial charge >= 0.3 is 5.97 Å². The number of hydrogen-bond acceptors (Lipinski definition) is 4. The summed E-state index contributed by atoms with van der Waals surface area (Å²) < 4.78 is 0. The predicted octanol–water partition coefficient (Wildman–Crippen LogP) is 0.677. The monoisotopic (exact) mass is 322 g/mol. The molecule has 0 radical (unpaired) electrons. The van der Waals surface area contributed by atoms with Gasteiger partial charge in [0.2, 0.25) is 11.8 Å². The first-order valence-electron chi connectivity index (χ1n) is 7.43. The van der Waals surface area contributed by atoms with E-state index < -0.39 is 18.0 Å². The second-order valence-electron chi connectivity index (χ2n) is 5.17. The van der Waals surface area contributed by atoms with E-state index in [-0.39, 0.29) is 11.9 Å². The fraction of sp³-hybridized carbons (Fsp3) is 0.438. The quantitative estimate of drug-likeness (QED) is 0.736. The Labute approximate surface area is 134 Å². The van der Waals surface area contributed by atoms with Crippen molar-refractivity contribution in [2.45, 2.75) is 38.3 Å². The molecule has 1 aromatic rings. The third kappa shape index (κ3) is 5.37. The molecule has 1 aromatic carbocycles. The number of aliphatic hydroxyl groups is 1. The first-order chi connectivity index (χ1) is 10.9. The fourth-order valence-electron chi connectivity index (χ4n) is 2.35. The first-order valence-corrected chi connectivity index (χ1v) is 7.43. The lowest BCUT2D eigenvalue weighted by Gasteiger charge is -2.23. The molecular weight excluding hydrogens is 300 g/mol. The average Bonchev–Trinajstić information content (AvgIpc) is 2.94. The van der Waals surface area contributed by atoms with Crippen LogP contribution >= 0.6 is 0 Å². The molecule has 23 heavy (non-hydrogen) atoms. The number of hydrogen-bond donors (Lipinski definition) is 3. The Morgan fingerprint density at radius 3 is 2.30 bits per heavy atom. The molecule has 0 saturated carbocycles. The first kappa shape index (κ1) is 18.6. The number of carbonyl (C=O) groups excluding carboxylic acids is 2. The lowest BCUT2D eigenvalue weighted by Crippen LogP contribution is -2.44. The molecule has 4 N–H and O–H groups in total. The van der Waals surface area contributed by atoms with Gasteiger partial charge in [-0.05, 0) is 18.4 Å². The van der Waals surface area contributed by atoms with Crippen molar-refractivity contribution in [2.75, 3.05) is 6.54 Å². The number of nitrogens with zero attached hydrogens (tertiary/aromatic N) is 1. The van der Waals surface area contributed by atoms with E-state index in [0.29, 0.717) is 24.9 Å². The molecule has 0 bridgehead atoms. The third-order valence-electron chi connectivity index (χ3n) is 3.55. The molecule has 0 aliphatic carbocycles. The second-order valence-corrected chi connectivity index (χ2v) is 5.17. The minimum atomic E-state index is -1.41. The SMILES string of the molecule is CC[C@@H](C(N)=O)N1CCCC1=O.O=C(O)[C@@H](O)c1ccccc1. The summed E-state index contributed by atoms with van der Waals surface area (Å²) in [5, 5.41) is 17.4. The van der Waals surface area contributed by atoms with Gasteiger partial charge in [-0.3, -0.25) is 9.59 Å². The van der Waals surface area contributed by atoms with Gasteiger partial charge < -0.3 is 20.8 Å². The molecule has 1 aliphatic rings. The van der Waals surface area contributed by atoms with Crippen molar-refractivity contribution < 1.29 is 24.6 Å². The van der Waals surface area contributed by atoms with Gasteiger partial charge in [0, 0.05) is 13.0 Å². The number of rotatable bonds is 5. The van der Waals surface area contributed by atoms with Crippen molar-refractivity contribution >= 4 is 17.8 Å². The van der Waals surface area contributed by atoms with Gasteiger partial charge in [-0.15, -0.1) is 0 Å². The molecule has 126 valence electrons.